The molecule has 6 nitrogen and oxygen atoms in total. The number of aromatic amines is 2. The van der Waals surface area contributed by atoms with E-state index in [-0.39, 0.29) is 17.2 Å². The molecular weight excluding hydrogens is 542 g/mol. The lowest BCUT2D eigenvalue weighted by Crippen LogP contribution is -1.97. The van der Waals surface area contributed by atoms with Gasteiger partial charge in [-0.3, -0.25) is 9.59 Å². The van der Waals surface area contributed by atoms with Gasteiger partial charge in [0.1, 0.15) is 23.2 Å². The molecule has 7 aromatic rings. The number of thiophene rings is 1. The molecule has 0 aliphatic carbocycles. The number of nitrogens with zero attached hydrogens (tertiary/aromatic N) is 2. The highest BCUT2D eigenvalue weighted by molar-refractivity contribution is 7.62. The molecule has 3 aromatic heterocycles. The van der Waals surface area contributed by atoms with Gasteiger partial charge in [0.25, 0.3) is 0 Å². The van der Waals surface area contributed by atoms with Crippen molar-refractivity contribution in [2.75, 3.05) is 0 Å². The van der Waals surface area contributed by atoms with Gasteiger partial charge in [-0.2, -0.15) is 0 Å². The third-order valence-electron chi connectivity index (χ3n) is 6.74. The highest BCUT2D eigenvalue weighted by atomic mass is 32.1. The normalized spacial score (nSPS) is 12.1. The van der Waals surface area contributed by atoms with Crippen LogP contribution < -0.4 is 11.1 Å². The number of fused-ring (bicyclic) bond motifs is 3. The third-order valence-corrected chi connectivity index (χ3v) is 9.16. The summed E-state index contributed by atoms with van der Waals surface area (Å²) >= 11 is 1.77. The van der Waals surface area contributed by atoms with Crippen molar-refractivity contribution in [3.63, 3.8) is 0 Å². The topological polar surface area (TPSA) is 91.5 Å². The van der Waals surface area contributed by atoms with Crippen molar-refractivity contribution in [2.24, 2.45) is 0 Å². The standard InChI is InChI=1S/C30H20N4O2P2S/c35-15-37-29-31-14-26(34-29)21-5-3-17-9-18(1-2-19(17)10-21)20-4-6-23-13-28(39-27(23)12-20)22-7-8-24-25(11-22)33-30(32-24)38-16-36/h1-16,37-38H,(H,31,34)(H,32,33). The van der Waals surface area contributed by atoms with Crippen molar-refractivity contribution in [2.45, 2.75) is 0 Å². The first-order valence-corrected chi connectivity index (χ1v) is 15.2. The minimum Gasteiger partial charge on any atom is -0.338 e. The maximum absolute atomic E-state index is 10.9. The fraction of sp³-hybridized carbons (Fsp3) is 0. The molecule has 9 heteroatoms. The SMILES string of the molecule is O=CPc1ncc(-c2ccc3cc(-c4ccc5cc(-c6ccc7nc(PC=O)[nH]c7c6)sc5c4)ccc3c2)[nH]1. The van der Waals surface area contributed by atoms with Gasteiger partial charge in [-0.15, -0.1) is 11.3 Å². The van der Waals surface area contributed by atoms with Crippen molar-refractivity contribution < 1.29 is 9.59 Å². The number of benzene rings is 4. The number of H-pyrrole nitrogens is 2. The maximum atomic E-state index is 10.9. The van der Waals surface area contributed by atoms with E-state index in [1.54, 1.807) is 17.5 Å². The number of hydrogen-bond donors (Lipinski definition) is 2. The number of aromatic nitrogens is 4. The van der Waals surface area contributed by atoms with Gasteiger partial charge in [0, 0.05) is 32.3 Å². The van der Waals surface area contributed by atoms with Crippen LogP contribution in [0.3, 0.4) is 0 Å². The van der Waals surface area contributed by atoms with Gasteiger partial charge in [-0.25, -0.2) is 9.97 Å². The van der Waals surface area contributed by atoms with E-state index >= 15 is 0 Å². The smallest absolute Gasteiger partial charge is 0.146 e. The summed E-state index contributed by atoms with van der Waals surface area (Å²) in [4.78, 5) is 38.1. The molecule has 2 atom stereocenters. The van der Waals surface area contributed by atoms with Gasteiger partial charge >= 0.3 is 0 Å². The Morgan fingerprint density at radius 1 is 0.667 bits per heavy atom. The van der Waals surface area contributed by atoms with Crippen LogP contribution in [-0.4, -0.2) is 32.0 Å². The molecule has 0 radical (unpaired) electrons. The Morgan fingerprint density at radius 3 is 2.18 bits per heavy atom. The molecule has 0 fully saturated rings. The molecule has 3 heterocycles. The Bertz CT molecular complexity index is 2040. The summed E-state index contributed by atoms with van der Waals surface area (Å²) in [7, 11) is 0.0763. The van der Waals surface area contributed by atoms with Gasteiger partial charge in [-0.05, 0) is 69.2 Å². The quantitative estimate of drug-likeness (QED) is 0.168. The van der Waals surface area contributed by atoms with E-state index in [4.69, 9.17) is 0 Å². The predicted octanol–water partition coefficient (Wildman–Crippen LogP) is 6.64. The molecule has 0 spiro atoms. The van der Waals surface area contributed by atoms with Crippen molar-refractivity contribution in [3.05, 3.63) is 85.1 Å². The Balaban J connectivity index is 1.19. The number of carbonyl (C=O) groups excluding carboxylic acids is 2. The van der Waals surface area contributed by atoms with Crippen LogP contribution in [0.5, 0.6) is 0 Å². The molecule has 2 unspecified atom stereocenters. The lowest BCUT2D eigenvalue weighted by atomic mass is 9.99. The fourth-order valence-electron chi connectivity index (χ4n) is 4.83. The summed E-state index contributed by atoms with van der Waals surface area (Å²) in [6.45, 7) is 0. The second kappa shape index (κ2) is 9.94. The summed E-state index contributed by atoms with van der Waals surface area (Å²) in [5.41, 5.74) is 8.69. The van der Waals surface area contributed by atoms with Gasteiger partial charge in [0.15, 0.2) is 0 Å². The summed E-state index contributed by atoms with van der Waals surface area (Å²) in [6.07, 6.45) is 1.78. The van der Waals surface area contributed by atoms with Crippen LogP contribution in [0.15, 0.2) is 85.1 Å². The number of carbonyl (C=O) groups is 2. The summed E-state index contributed by atoms with van der Waals surface area (Å²) < 4.78 is 1.23. The van der Waals surface area contributed by atoms with E-state index in [1.165, 1.54) is 31.5 Å². The fourth-order valence-corrected chi connectivity index (χ4v) is 6.89. The number of rotatable bonds is 7. The van der Waals surface area contributed by atoms with E-state index in [0.29, 0.717) is 5.57 Å². The highest BCUT2D eigenvalue weighted by Gasteiger charge is 2.10. The van der Waals surface area contributed by atoms with Gasteiger partial charge < -0.3 is 9.97 Å². The molecule has 7 rings (SSSR count). The molecule has 0 bridgehead atoms. The van der Waals surface area contributed by atoms with Crippen LogP contribution in [0.25, 0.3) is 64.7 Å². The van der Waals surface area contributed by atoms with Gasteiger partial charge in [0.05, 0.1) is 22.9 Å². The van der Waals surface area contributed by atoms with Crippen molar-refractivity contribution in [1.82, 2.24) is 19.9 Å². The van der Waals surface area contributed by atoms with E-state index in [0.717, 1.165) is 50.9 Å². The number of nitrogens with one attached hydrogen (secondary N) is 2. The maximum Gasteiger partial charge on any atom is 0.146 e. The number of hydrogen-bond acceptors (Lipinski definition) is 5. The Kier molecular flexibility index (Phi) is 6.13. The van der Waals surface area contributed by atoms with Crippen molar-refractivity contribution in [3.8, 4) is 32.8 Å². The van der Waals surface area contributed by atoms with Crippen LogP contribution in [0.4, 0.5) is 0 Å². The average molecular weight is 563 g/mol. The first-order valence-electron chi connectivity index (χ1n) is 12.2. The second-order valence-corrected chi connectivity index (χ2v) is 12.2. The molecule has 39 heavy (non-hydrogen) atoms. The third kappa shape index (κ3) is 4.59. The molecule has 0 aliphatic heterocycles. The first kappa shape index (κ1) is 24.1. The zero-order valence-corrected chi connectivity index (χ0v) is 23.2. The van der Waals surface area contributed by atoms with E-state index in [1.807, 2.05) is 6.07 Å². The molecule has 4 aromatic carbocycles. The molecule has 2 N–H and O–H groups in total. The van der Waals surface area contributed by atoms with Crippen molar-refractivity contribution >= 4 is 83.6 Å². The predicted molar refractivity (Wildman–Crippen MR) is 167 cm³/mol. The summed E-state index contributed by atoms with van der Waals surface area (Å²) in [6, 6.07) is 29.7. The van der Waals surface area contributed by atoms with Crippen LogP contribution >= 0.6 is 28.5 Å². The zero-order chi connectivity index (χ0) is 26.3. The van der Waals surface area contributed by atoms with Crippen LogP contribution in [-0.2, 0) is 9.59 Å². The second-order valence-electron chi connectivity index (χ2n) is 9.13. The molecular formula is C30H20N4O2P2S. The Hall–Kier alpha value is -4.02. The van der Waals surface area contributed by atoms with E-state index in [2.05, 4.69) is 92.7 Å². The minimum atomic E-state index is 0.0381. The number of imidazole rings is 2. The van der Waals surface area contributed by atoms with Crippen molar-refractivity contribution in [1.29, 1.82) is 0 Å². The molecule has 0 saturated carbocycles. The van der Waals surface area contributed by atoms with E-state index < -0.39 is 0 Å². The molecule has 0 aliphatic rings. The molecule has 0 saturated heterocycles. The average Bonchev–Trinajstić information content (AvgIpc) is 3.70. The van der Waals surface area contributed by atoms with Gasteiger partial charge in [0.2, 0.25) is 0 Å². The minimum absolute atomic E-state index is 0.0381. The van der Waals surface area contributed by atoms with Crippen LogP contribution in [0.1, 0.15) is 0 Å². The van der Waals surface area contributed by atoms with Crippen LogP contribution in [0.2, 0.25) is 0 Å². The molecule has 0 amide bonds. The van der Waals surface area contributed by atoms with Gasteiger partial charge in [-0.1, -0.05) is 42.5 Å². The Morgan fingerprint density at radius 2 is 1.36 bits per heavy atom. The lowest BCUT2D eigenvalue weighted by molar-refractivity contribution is 0.569. The summed E-state index contributed by atoms with van der Waals surface area (Å²) in [5, 5.41) is 3.53. The largest absolute Gasteiger partial charge is 0.338 e. The van der Waals surface area contributed by atoms with Crippen LogP contribution in [0, 0.1) is 0 Å². The van der Waals surface area contributed by atoms with E-state index in [9.17, 15) is 9.59 Å². The molecule has 188 valence electrons. The summed E-state index contributed by atoms with van der Waals surface area (Å²) in [5.74, 6) is 0. The lowest BCUT2D eigenvalue weighted by Gasteiger charge is -2.06. The monoisotopic (exact) mass is 562 g/mol. The highest BCUT2D eigenvalue weighted by Crippen LogP contribution is 2.37. The zero-order valence-electron chi connectivity index (χ0n) is 20.4. The Labute approximate surface area is 230 Å². The first-order chi connectivity index (χ1) is 19.2.